The van der Waals surface area contributed by atoms with Gasteiger partial charge in [-0.2, -0.15) is 0 Å². The largest absolute Gasteiger partial charge is 0.480 e. The standard InChI is InChI=1S/C47H86NO10P/c1-3-5-7-9-11-13-15-17-19-20-21-22-23-25-26-28-30-32-34-36-38-45(49)55-40-43(41-56-59(53,54)57-42-44(48)47(51)52)58-46(50)39-37-35-33-31-29-27-24-18-16-14-12-10-8-6-4-2/h12,14,18,24,29,31,43-44H,3-11,13,15-17,19-23,25-28,30,32-42,48H2,1-2H3,(H,51,52)(H,53,54)/b14-12+,24-18+,31-29+/t43-,44+/m0/s1. The summed E-state index contributed by atoms with van der Waals surface area (Å²) in [5.41, 5.74) is 5.34. The number of carboxylic acids is 1. The van der Waals surface area contributed by atoms with E-state index in [0.717, 1.165) is 51.4 Å². The van der Waals surface area contributed by atoms with E-state index in [9.17, 15) is 23.8 Å². The Bertz CT molecular complexity index is 1140. The molecule has 0 saturated carbocycles. The summed E-state index contributed by atoms with van der Waals surface area (Å²) in [4.78, 5) is 46.0. The lowest BCUT2D eigenvalue weighted by molar-refractivity contribution is -0.161. The average molecular weight is 856 g/mol. The summed E-state index contributed by atoms with van der Waals surface area (Å²) in [6.07, 6.45) is 46.4. The van der Waals surface area contributed by atoms with Crippen LogP contribution < -0.4 is 5.73 Å². The Kier molecular flexibility index (Phi) is 40.7. The van der Waals surface area contributed by atoms with Crippen molar-refractivity contribution in [1.29, 1.82) is 0 Å². The van der Waals surface area contributed by atoms with Crippen LogP contribution in [0, 0.1) is 0 Å². The fourth-order valence-corrected chi connectivity index (χ4v) is 7.20. The van der Waals surface area contributed by atoms with Crippen molar-refractivity contribution in [2.75, 3.05) is 19.8 Å². The van der Waals surface area contributed by atoms with Crippen LogP contribution in [0.3, 0.4) is 0 Å². The minimum atomic E-state index is -4.73. The Balaban J connectivity index is 4.31. The van der Waals surface area contributed by atoms with Gasteiger partial charge in [-0.3, -0.25) is 23.4 Å². The summed E-state index contributed by atoms with van der Waals surface area (Å²) < 4.78 is 32.7. The molecule has 1 unspecified atom stereocenters. The van der Waals surface area contributed by atoms with E-state index in [0.29, 0.717) is 12.8 Å². The number of rotatable bonds is 44. The number of phosphoric acid groups is 1. The average Bonchev–Trinajstić information content (AvgIpc) is 3.21. The van der Waals surface area contributed by atoms with Crippen LogP contribution in [0.25, 0.3) is 0 Å². The van der Waals surface area contributed by atoms with Gasteiger partial charge in [-0.1, -0.05) is 185 Å². The molecule has 11 nitrogen and oxygen atoms in total. The molecule has 0 spiro atoms. The van der Waals surface area contributed by atoms with Crippen molar-refractivity contribution in [2.45, 2.75) is 225 Å². The maximum absolute atomic E-state index is 12.6. The third-order valence-electron chi connectivity index (χ3n) is 10.1. The van der Waals surface area contributed by atoms with E-state index in [1.165, 1.54) is 122 Å². The van der Waals surface area contributed by atoms with Crippen LogP contribution >= 0.6 is 7.82 Å². The van der Waals surface area contributed by atoms with Gasteiger partial charge in [-0.05, 0) is 51.4 Å². The van der Waals surface area contributed by atoms with Crippen LogP contribution in [-0.4, -0.2) is 59.9 Å². The zero-order valence-corrected chi connectivity index (χ0v) is 38.2. The molecule has 0 aromatic carbocycles. The van der Waals surface area contributed by atoms with Gasteiger partial charge in [0.25, 0.3) is 0 Å². The van der Waals surface area contributed by atoms with E-state index < -0.39 is 51.1 Å². The fraction of sp³-hybridized carbons (Fsp3) is 0.809. The zero-order valence-electron chi connectivity index (χ0n) is 37.3. The minimum Gasteiger partial charge on any atom is -0.480 e. The second-order valence-corrected chi connectivity index (χ2v) is 17.3. The molecular formula is C47H86NO10P. The Morgan fingerprint density at radius 1 is 0.525 bits per heavy atom. The maximum Gasteiger partial charge on any atom is 0.472 e. The van der Waals surface area contributed by atoms with E-state index in [-0.39, 0.29) is 19.4 Å². The number of carbonyl (C=O) groups is 3. The molecule has 0 aliphatic carbocycles. The normalized spacial score (nSPS) is 14.0. The smallest absolute Gasteiger partial charge is 0.472 e. The molecule has 4 N–H and O–H groups in total. The molecule has 0 bridgehead atoms. The third kappa shape index (κ3) is 42.2. The number of esters is 2. The molecular weight excluding hydrogens is 769 g/mol. The molecule has 12 heteroatoms. The van der Waals surface area contributed by atoms with Crippen molar-refractivity contribution in [3.8, 4) is 0 Å². The predicted molar refractivity (Wildman–Crippen MR) is 240 cm³/mol. The molecule has 0 radical (unpaired) electrons. The molecule has 3 atom stereocenters. The van der Waals surface area contributed by atoms with E-state index in [1.54, 1.807) is 0 Å². The lowest BCUT2D eigenvalue weighted by Crippen LogP contribution is -2.34. The minimum absolute atomic E-state index is 0.114. The van der Waals surface area contributed by atoms with Gasteiger partial charge in [0, 0.05) is 12.8 Å². The van der Waals surface area contributed by atoms with Crippen LogP contribution in [0.1, 0.15) is 213 Å². The molecule has 0 amide bonds. The van der Waals surface area contributed by atoms with Crippen molar-refractivity contribution >= 4 is 25.7 Å². The number of carbonyl (C=O) groups excluding carboxylic acids is 2. The Hall–Kier alpha value is -2.30. The van der Waals surface area contributed by atoms with E-state index >= 15 is 0 Å². The summed E-state index contributed by atoms with van der Waals surface area (Å²) in [6.45, 7) is 2.76. The number of carboxylic acid groups (broad SMARTS) is 1. The number of hydrogen-bond donors (Lipinski definition) is 3. The SMILES string of the molecule is CCCCC/C=C/C/C=C/C/C=C/CCCCC(=O)O[C@@H](COC(=O)CCCCCCCCCCCCCCCCCCCCCC)COP(=O)(O)OC[C@@H](N)C(=O)O. The highest BCUT2D eigenvalue weighted by Crippen LogP contribution is 2.43. The third-order valence-corrected chi connectivity index (χ3v) is 11.1. The van der Waals surface area contributed by atoms with Crippen LogP contribution in [0.2, 0.25) is 0 Å². The van der Waals surface area contributed by atoms with Gasteiger partial charge in [0.05, 0.1) is 13.2 Å². The molecule has 0 aromatic heterocycles. The molecule has 344 valence electrons. The zero-order chi connectivity index (χ0) is 43.5. The quantitative estimate of drug-likeness (QED) is 0.0230. The number of unbranched alkanes of at least 4 members (excludes halogenated alkanes) is 24. The summed E-state index contributed by atoms with van der Waals surface area (Å²) in [7, 11) is -4.73. The van der Waals surface area contributed by atoms with Crippen molar-refractivity contribution < 1.29 is 47.5 Å². The summed E-state index contributed by atoms with van der Waals surface area (Å²) >= 11 is 0. The predicted octanol–water partition coefficient (Wildman–Crippen LogP) is 12.8. The number of ether oxygens (including phenoxy) is 2. The van der Waals surface area contributed by atoms with Crippen molar-refractivity contribution in [1.82, 2.24) is 0 Å². The van der Waals surface area contributed by atoms with Gasteiger partial charge in [-0.25, -0.2) is 4.57 Å². The highest BCUT2D eigenvalue weighted by atomic mass is 31.2. The van der Waals surface area contributed by atoms with Gasteiger partial charge in [-0.15, -0.1) is 0 Å². The first kappa shape index (κ1) is 56.7. The van der Waals surface area contributed by atoms with E-state index in [2.05, 4.69) is 54.8 Å². The van der Waals surface area contributed by atoms with Gasteiger partial charge >= 0.3 is 25.7 Å². The molecule has 0 aliphatic rings. The maximum atomic E-state index is 12.6. The molecule has 59 heavy (non-hydrogen) atoms. The van der Waals surface area contributed by atoms with Gasteiger partial charge < -0.3 is 25.2 Å². The van der Waals surface area contributed by atoms with Gasteiger partial charge in [0.1, 0.15) is 12.6 Å². The van der Waals surface area contributed by atoms with Crippen LogP contribution in [-0.2, 0) is 37.5 Å². The lowest BCUT2D eigenvalue weighted by Gasteiger charge is -2.20. The summed E-state index contributed by atoms with van der Waals surface area (Å²) in [6, 6.07) is -1.53. The molecule has 0 rings (SSSR count). The number of phosphoric ester groups is 1. The van der Waals surface area contributed by atoms with Gasteiger partial charge in [0.15, 0.2) is 6.10 Å². The topological polar surface area (TPSA) is 172 Å². The lowest BCUT2D eigenvalue weighted by atomic mass is 10.0. The molecule has 0 fully saturated rings. The Morgan fingerprint density at radius 3 is 1.37 bits per heavy atom. The molecule has 0 aromatic rings. The molecule has 0 aliphatic heterocycles. The second-order valence-electron chi connectivity index (χ2n) is 15.9. The van der Waals surface area contributed by atoms with Crippen LogP contribution in [0.15, 0.2) is 36.5 Å². The number of aliphatic carboxylic acids is 1. The van der Waals surface area contributed by atoms with E-state index in [1.807, 2.05) is 0 Å². The van der Waals surface area contributed by atoms with Gasteiger partial charge in [0.2, 0.25) is 0 Å². The second kappa shape index (κ2) is 42.4. The fourth-order valence-electron chi connectivity index (χ4n) is 6.43. The number of hydrogen-bond acceptors (Lipinski definition) is 9. The number of nitrogens with two attached hydrogens (primary N) is 1. The number of allylic oxidation sites excluding steroid dienone is 6. The summed E-state index contributed by atoms with van der Waals surface area (Å²) in [5, 5.41) is 8.90. The molecule has 0 saturated heterocycles. The molecule has 0 heterocycles. The highest BCUT2D eigenvalue weighted by Gasteiger charge is 2.28. The Labute approximate surface area is 359 Å². The van der Waals surface area contributed by atoms with Crippen LogP contribution in [0.5, 0.6) is 0 Å². The van der Waals surface area contributed by atoms with E-state index in [4.69, 9.17) is 24.8 Å². The van der Waals surface area contributed by atoms with Crippen molar-refractivity contribution in [2.24, 2.45) is 5.73 Å². The Morgan fingerprint density at radius 2 is 0.898 bits per heavy atom. The highest BCUT2D eigenvalue weighted by molar-refractivity contribution is 7.47. The first-order chi connectivity index (χ1) is 28.6. The summed E-state index contributed by atoms with van der Waals surface area (Å²) in [5.74, 6) is -2.42. The first-order valence-electron chi connectivity index (χ1n) is 23.5. The monoisotopic (exact) mass is 856 g/mol. The van der Waals surface area contributed by atoms with Crippen LogP contribution in [0.4, 0.5) is 0 Å². The first-order valence-corrected chi connectivity index (χ1v) is 25.0. The van der Waals surface area contributed by atoms with Crippen molar-refractivity contribution in [3.63, 3.8) is 0 Å². The van der Waals surface area contributed by atoms with Crippen molar-refractivity contribution in [3.05, 3.63) is 36.5 Å².